The Morgan fingerprint density at radius 1 is 1.15 bits per heavy atom. The zero-order valence-corrected chi connectivity index (χ0v) is 15.2. The fraction of sp³-hybridized carbons (Fsp3) is 0.250. The molecule has 0 radical (unpaired) electrons. The average molecular weight is 367 g/mol. The first kappa shape index (κ1) is 18.4. The third kappa shape index (κ3) is 4.08. The number of hydrogen-bond donors (Lipinski definition) is 2. The van der Waals surface area contributed by atoms with Crippen LogP contribution in [0.5, 0.6) is 5.75 Å². The minimum atomic E-state index is -0.903. The lowest BCUT2D eigenvalue weighted by Crippen LogP contribution is -2.51. The fourth-order valence-corrected chi connectivity index (χ4v) is 3.05. The molecule has 7 nitrogen and oxygen atoms in total. The van der Waals surface area contributed by atoms with Crippen molar-refractivity contribution >= 4 is 34.8 Å². The highest BCUT2D eigenvalue weighted by atomic mass is 16.5. The highest BCUT2D eigenvalue weighted by Gasteiger charge is 2.36. The Balaban J connectivity index is 1.74. The summed E-state index contributed by atoms with van der Waals surface area (Å²) in [5, 5.41) is 5.51. The van der Waals surface area contributed by atoms with Gasteiger partial charge in [0.1, 0.15) is 11.8 Å². The SMILES string of the molecule is CCOc1ccc(NC(=O)CC2C(=O)Nc3ccccc3N2C(C)=O)cc1. The largest absolute Gasteiger partial charge is 0.494 e. The van der Waals surface area contributed by atoms with Crippen LogP contribution < -0.4 is 20.3 Å². The molecule has 1 unspecified atom stereocenters. The van der Waals surface area contributed by atoms with Crippen LogP contribution in [-0.2, 0) is 14.4 Å². The second kappa shape index (κ2) is 7.90. The number of hydrogen-bond acceptors (Lipinski definition) is 4. The molecule has 3 rings (SSSR count). The third-order valence-corrected chi connectivity index (χ3v) is 4.20. The van der Waals surface area contributed by atoms with E-state index in [1.807, 2.05) is 6.92 Å². The van der Waals surface area contributed by atoms with Gasteiger partial charge in [-0.3, -0.25) is 19.3 Å². The molecular formula is C20H21N3O4. The average Bonchev–Trinajstić information content (AvgIpc) is 2.64. The topological polar surface area (TPSA) is 87.7 Å². The van der Waals surface area contributed by atoms with Gasteiger partial charge in [-0.05, 0) is 43.3 Å². The molecule has 1 aliphatic rings. The summed E-state index contributed by atoms with van der Waals surface area (Å²) in [5.74, 6) is -0.326. The van der Waals surface area contributed by atoms with E-state index in [4.69, 9.17) is 4.74 Å². The standard InChI is InChI=1S/C20H21N3O4/c1-3-27-15-10-8-14(9-11-15)21-19(25)12-18-20(26)22-16-6-4-5-7-17(16)23(18)13(2)24/h4-11,18H,3,12H2,1-2H3,(H,21,25)(H,22,26). The number of fused-ring (bicyclic) bond motifs is 1. The van der Waals surface area contributed by atoms with Crippen molar-refractivity contribution in [2.45, 2.75) is 26.3 Å². The van der Waals surface area contributed by atoms with E-state index in [2.05, 4.69) is 10.6 Å². The van der Waals surface area contributed by atoms with Crippen molar-refractivity contribution in [2.75, 3.05) is 22.1 Å². The Morgan fingerprint density at radius 2 is 1.85 bits per heavy atom. The quantitative estimate of drug-likeness (QED) is 0.851. The highest BCUT2D eigenvalue weighted by Crippen LogP contribution is 2.33. The molecule has 0 saturated carbocycles. The lowest BCUT2D eigenvalue weighted by molar-refractivity contribution is -0.125. The number of amides is 3. The first-order chi connectivity index (χ1) is 13.0. The summed E-state index contributed by atoms with van der Waals surface area (Å²) in [6.07, 6.45) is -0.146. The van der Waals surface area contributed by atoms with Crippen molar-refractivity contribution in [3.63, 3.8) is 0 Å². The molecule has 1 atom stereocenters. The normalized spacial score (nSPS) is 15.6. The van der Waals surface area contributed by atoms with Crippen LogP contribution in [0.3, 0.4) is 0 Å². The van der Waals surface area contributed by atoms with Crippen LogP contribution in [0.15, 0.2) is 48.5 Å². The van der Waals surface area contributed by atoms with E-state index in [9.17, 15) is 14.4 Å². The number of benzene rings is 2. The molecular weight excluding hydrogens is 346 g/mol. The maximum atomic E-state index is 12.5. The van der Waals surface area contributed by atoms with Crippen molar-refractivity contribution in [1.82, 2.24) is 0 Å². The third-order valence-electron chi connectivity index (χ3n) is 4.20. The molecule has 0 spiro atoms. The highest BCUT2D eigenvalue weighted by molar-refractivity contribution is 6.13. The van der Waals surface area contributed by atoms with Gasteiger partial charge < -0.3 is 15.4 Å². The van der Waals surface area contributed by atoms with Gasteiger partial charge in [0.15, 0.2) is 0 Å². The minimum absolute atomic E-state index is 0.146. The molecule has 140 valence electrons. The Labute approximate surface area is 157 Å². The Morgan fingerprint density at radius 3 is 2.52 bits per heavy atom. The number of carbonyl (C=O) groups is 3. The zero-order valence-electron chi connectivity index (χ0n) is 15.2. The number of para-hydroxylation sites is 2. The van der Waals surface area contributed by atoms with Crippen LogP contribution >= 0.6 is 0 Å². The summed E-state index contributed by atoms with van der Waals surface area (Å²) in [4.78, 5) is 38.5. The summed E-state index contributed by atoms with van der Waals surface area (Å²) < 4.78 is 5.37. The van der Waals surface area contributed by atoms with E-state index < -0.39 is 6.04 Å². The summed E-state index contributed by atoms with van der Waals surface area (Å²) >= 11 is 0. The van der Waals surface area contributed by atoms with Crippen LogP contribution in [0.1, 0.15) is 20.3 Å². The van der Waals surface area contributed by atoms with Gasteiger partial charge in [0.2, 0.25) is 17.7 Å². The molecule has 1 aliphatic heterocycles. The van der Waals surface area contributed by atoms with Gasteiger partial charge in [0, 0.05) is 12.6 Å². The van der Waals surface area contributed by atoms with Crippen LogP contribution in [0.2, 0.25) is 0 Å². The molecule has 1 heterocycles. The van der Waals surface area contributed by atoms with Crippen LogP contribution in [0.4, 0.5) is 17.1 Å². The van der Waals surface area contributed by atoms with E-state index in [0.29, 0.717) is 29.4 Å². The molecule has 2 N–H and O–H groups in total. The van der Waals surface area contributed by atoms with Crippen LogP contribution in [0, 0.1) is 0 Å². The lowest BCUT2D eigenvalue weighted by atomic mass is 10.0. The molecule has 0 aliphatic carbocycles. The number of nitrogens with one attached hydrogen (secondary N) is 2. The van der Waals surface area contributed by atoms with E-state index >= 15 is 0 Å². The second-order valence-corrected chi connectivity index (χ2v) is 6.12. The summed E-state index contributed by atoms with van der Waals surface area (Å²) in [5.41, 5.74) is 1.73. The monoisotopic (exact) mass is 367 g/mol. The van der Waals surface area contributed by atoms with Gasteiger partial charge in [-0.25, -0.2) is 0 Å². The van der Waals surface area contributed by atoms with Crippen LogP contribution in [-0.4, -0.2) is 30.4 Å². The van der Waals surface area contributed by atoms with Gasteiger partial charge in [-0.15, -0.1) is 0 Å². The predicted molar refractivity (Wildman–Crippen MR) is 103 cm³/mol. The molecule has 0 fully saturated rings. The van der Waals surface area contributed by atoms with Gasteiger partial charge in [0.05, 0.1) is 24.4 Å². The first-order valence-corrected chi connectivity index (χ1v) is 8.72. The number of rotatable bonds is 5. The summed E-state index contributed by atoms with van der Waals surface area (Å²) in [6.45, 7) is 3.83. The van der Waals surface area contributed by atoms with E-state index in [1.165, 1.54) is 11.8 Å². The number of ether oxygens (including phenoxy) is 1. The molecule has 0 saturated heterocycles. The molecule has 2 aromatic carbocycles. The molecule has 0 aromatic heterocycles. The van der Waals surface area contributed by atoms with Crippen LogP contribution in [0.25, 0.3) is 0 Å². The Kier molecular flexibility index (Phi) is 5.40. The van der Waals surface area contributed by atoms with Crippen molar-refractivity contribution < 1.29 is 19.1 Å². The van der Waals surface area contributed by atoms with E-state index in [-0.39, 0.29) is 24.1 Å². The Hall–Kier alpha value is -3.35. The molecule has 2 aromatic rings. The minimum Gasteiger partial charge on any atom is -0.494 e. The Bertz CT molecular complexity index is 864. The lowest BCUT2D eigenvalue weighted by Gasteiger charge is -2.35. The predicted octanol–water partition coefficient (Wildman–Crippen LogP) is 2.79. The maximum Gasteiger partial charge on any atom is 0.248 e. The van der Waals surface area contributed by atoms with E-state index in [1.54, 1.807) is 48.5 Å². The van der Waals surface area contributed by atoms with Gasteiger partial charge >= 0.3 is 0 Å². The van der Waals surface area contributed by atoms with Crippen molar-refractivity contribution in [1.29, 1.82) is 0 Å². The number of anilines is 3. The van der Waals surface area contributed by atoms with Gasteiger partial charge in [-0.2, -0.15) is 0 Å². The molecule has 0 bridgehead atoms. The second-order valence-electron chi connectivity index (χ2n) is 6.12. The number of nitrogens with zero attached hydrogens (tertiary/aromatic N) is 1. The summed E-state index contributed by atoms with van der Waals surface area (Å²) in [7, 11) is 0. The van der Waals surface area contributed by atoms with Crippen molar-refractivity contribution in [3.8, 4) is 5.75 Å². The zero-order chi connectivity index (χ0) is 19.4. The van der Waals surface area contributed by atoms with Crippen molar-refractivity contribution in [3.05, 3.63) is 48.5 Å². The van der Waals surface area contributed by atoms with Gasteiger partial charge in [-0.1, -0.05) is 12.1 Å². The number of carbonyl (C=O) groups excluding carboxylic acids is 3. The maximum absolute atomic E-state index is 12.5. The van der Waals surface area contributed by atoms with E-state index in [0.717, 1.165) is 0 Å². The first-order valence-electron chi connectivity index (χ1n) is 8.72. The molecule has 3 amide bonds. The molecule has 27 heavy (non-hydrogen) atoms. The van der Waals surface area contributed by atoms with Crippen molar-refractivity contribution in [2.24, 2.45) is 0 Å². The summed E-state index contributed by atoms with van der Waals surface area (Å²) in [6, 6.07) is 13.1. The van der Waals surface area contributed by atoms with Gasteiger partial charge in [0.25, 0.3) is 0 Å². The smallest absolute Gasteiger partial charge is 0.248 e. The fourth-order valence-electron chi connectivity index (χ4n) is 3.05. The molecule has 7 heteroatoms.